The fourth-order valence-corrected chi connectivity index (χ4v) is 2.63. The first kappa shape index (κ1) is 15.0. The summed E-state index contributed by atoms with van der Waals surface area (Å²) in [5.74, 6) is 0.480. The molecule has 0 radical (unpaired) electrons. The summed E-state index contributed by atoms with van der Waals surface area (Å²) in [6, 6.07) is 14.9. The summed E-state index contributed by atoms with van der Waals surface area (Å²) in [4.78, 5) is 24.7. The van der Waals surface area contributed by atoms with Crippen molar-refractivity contribution in [3.8, 4) is 11.4 Å². The number of nitrogens with zero attached hydrogens (tertiary/aromatic N) is 4. The first-order valence-corrected chi connectivity index (χ1v) is 7.84. The molecule has 0 atom stereocenters. The molecule has 122 valence electrons. The molecule has 0 bridgehead atoms. The highest BCUT2D eigenvalue weighted by Gasteiger charge is 2.08. The van der Waals surface area contributed by atoms with Gasteiger partial charge in [-0.15, -0.1) is 0 Å². The van der Waals surface area contributed by atoms with Gasteiger partial charge in [-0.3, -0.25) is 9.20 Å². The van der Waals surface area contributed by atoms with Crippen molar-refractivity contribution in [2.45, 2.75) is 6.92 Å². The van der Waals surface area contributed by atoms with Crippen molar-refractivity contribution >= 4 is 23.1 Å². The number of nitrogens with one attached hydrogen (secondary N) is 1. The number of Topliss-reactive ketones (excluding diaryl/α,β-unsaturated/α-hetero) is 1. The number of imidazole rings is 1. The zero-order chi connectivity index (χ0) is 17.2. The summed E-state index contributed by atoms with van der Waals surface area (Å²) >= 11 is 0. The molecule has 4 rings (SSSR count). The van der Waals surface area contributed by atoms with Gasteiger partial charge in [0, 0.05) is 23.6 Å². The van der Waals surface area contributed by atoms with E-state index >= 15 is 0 Å². The lowest BCUT2D eigenvalue weighted by Gasteiger charge is -2.07. The van der Waals surface area contributed by atoms with Crippen molar-refractivity contribution in [2.24, 2.45) is 0 Å². The average molecular weight is 329 g/mol. The summed E-state index contributed by atoms with van der Waals surface area (Å²) in [6.07, 6.45) is 5.43. The second kappa shape index (κ2) is 6.16. The molecule has 0 unspecified atom stereocenters. The summed E-state index contributed by atoms with van der Waals surface area (Å²) < 4.78 is 1.97. The zero-order valence-electron chi connectivity index (χ0n) is 13.5. The van der Waals surface area contributed by atoms with Gasteiger partial charge in [0.2, 0.25) is 5.95 Å². The Morgan fingerprint density at radius 2 is 2.00 bits per heavy atom. The minimum atomic E-state index is 0.0176. The number of anilines is 2. The van der Waals surface area contributed by atoms with Gasteiger partial charge >= 0.3 is 0 Å². The van der Waals surface area contributed by atoms with E-state index in [2.05, 4.69) is 20.3 Å². The molecule has 0 saturated heterocycles. The lowest BCUT2D eigenvalue weighted by Crippen LogP contribution is -2.00. The number of ketones is 1. The average Bonchev–Trinajstić information content (AvgIpc) is 3.06. The molecule has 25 heavy (non-hydrogen) atoms. The molecule has 1 N–H and O–H groups in total. The third-order valence-corrected chi connectivity index (χ3v) is 3.86. The number of hydrogen-bond donors (Lipinski definition) is 1. The molecule has 3 heterocycles. The molecule has 0 amide bonds. The van der Waals surface area contributed by atoms with Crippen LogP contribution in [0.25, 0.3) is 17.0 Å². The Labute approximate surface area is 144 Å². The topological polar surface area (TPSA) is 72.2 Å². The zero-order valence-corrected chi connectivity index (χ0v) is 13.5. The molecule has 6 nitrogen and oxygen atoms in total. The Hall–Kier alpha value is -3.54. The van der Waals surface area contributed by atoms with Crippen molar-refractivity contribution in [3.05, 3.63) is 72.7 Å². The van der Waals surface area contributed by atoms with E-state index < -0.39 is 0 Å². The van der Waals surface area contributed by atoms with Gasteiger partial charge in [-0.05, 0) is 37.3 Å². The van der Waals surface area contributed by atoms with Gasteiger partial charge in [0.15, 0.2) is 5.78 Å². The number of benzene rings is 1. The van der Waals surface area contributed by atoms with E-state index in [-0.39, 0.29) is 5.78 Å². The summed E-state index contributed by atoms with van der Waals surface area (Å²) in [6.45, 7) is 1.54. The van der Waals surface area contributed by atoms with Gasteiger partial charge in [-0.25, -0.2) is 15.0 Å². The SMILES string of the molecule is CC(=O)c1cccc(Nc2nccc(-c3cnc4ccccn34)n2)c1. The second-order valence-electron chi connectivity index (χ2n) is 5.60. The number of fused-ring (bicyclic) bond motifs is 1. The first-order valence-electron chi connectivity index (χ1n) is 7.84. The van der Waals surface area contributed by atoms with Crippen LogP contribution in [0.4, 0.5) is 11.6 Å². The van der Waals surface area contributed by atoms with E-state index in [1.54, 1.807) is 31.5 Å². The molecular weight excluding hydrogens is 314 g/mol. The Morgan fingerprint density at radius 3 is 2.88 bits per heavy atom. The van der Waals surface area contributed by atoms with E-state index in [1.165, 1.54) is 0 Å². The minimum Gasteiger partial charge on any atom is -0.324 e. The minimum absolute atomic E-state index is 0.0176. The van der Waals surface area contributed by atoms with E-state index in [0.717, 1.165) is 22.7 Å². The largest absolute Gasteiger partial charge is 0.324 e. The van der Waals surface area contributed by atoms with Gasteiger partial charge in [0.05, 0.1) is 17.6 Å². The van der Waals surface area contributed by atoms with Crippen LogP contribution >= 0.6 is 0 Å². The highest BCUT2D eigenvalue weighted by molar-refractivity contribution is 5.95. The van der Waals surface area contributed by atoms with Gasteiger partial charge < -0.3 is 5.32 Å². The predicted octanol–water partition coefficient (Wildman–Crippen LogP) is 3.74. The number of aromatic nitrogens is 4. The molecule has 0 fully saturated rings. The van der Waals surface area contributed by atoms with Crippen LogP contribution in [0.15, 0.2) is 67.1 Å². The van der Waals surface area contributed by atoms with Crippen LogP contribution in [-0.2, 0) is 0 Å². The quantitative estimate of drug-likeness (QED) is 0.578. The second-order valence-corrected chi connectivity index (χ2v) is 5.60. The smallest absolute Gasteiger partial charge is 0.227 e. The Morgan fingerprint density at radius 1 is 1.08 bits per heavy atom. The third-order valence-electron chi connectivity index (χ3n) is 3.86. The number of hydrogen-bond acceptors (Lipinski definition) is 5. The normalized spacial score (nSPS) is 10.8. The van der Waals surface area contributed by atoms with Gasteiger partial charge in [0.25, 0.3) is 0 Å². The van der Waals surface area contributed by atoms with Crippen LogP contribution in [0.1, 0.15) is 17.3 Å². The maximum Gasteiger partial charge on any atom is 0.227 e. The van der Waals surface area contributed by atoms with Crippen molar-refractivity contribution in [1.82, 2.24) is 19.4 Å². The number of pyridine rings is 1. The van der Waals surface area contributed by atoms with Crippen molar-refractivity contribution in [1.29, 1.82) is 0 Å². The fourth-order valence-electron chi connectivity index (χ4n) is 2.63. The molecule has 0 aliphatic rings. The van der Waals surface area contributed by atoms with Crippen molar-refractivity contribution in [3.63, 3.8) is 0 Å². The highest BCUT2D eigenvalue weighted by atomic mass is 16.1. The fraction of sp³-hybridized carbons (Fsp3) is 0.0526. The van der Waals surface area contributed by atoms with Gasteiger partial charge in [-0.2, -0.15) is 0 Å². The standard InChI is InChI=1S/C19H15N5O/c1-13(25)14-5-4-6-15(11-14)22-19-20-9-8-16(23-19)17-12-21-18-7-2-3-10-24(17)18/h2-12H,1H3,(H,20,22,23). The van der Waals surface area contributed by atoms with E-state index in [9.17, 15) is 4.79 Å². The van der Waals surface area contributed by atoms with Crippen molar-refractivity contribution in [2.75, 3.05) is 5.32 Å². The molecule has 6 heteroatoms. The molecule has 0 aliphatic heterocycles. The Balaban J connectivity index is 1.68. The van der Waals surface area contributed by atoms with Crippen LogP contribution < -0.4 is 5.32 Å². The number of carbonyl (C=O) groups is 1. The highest BCUT2D eigenvalue weighted by Crippen LogP contribution is 2.21. The number of rotatable bonds is 4. The summed E-state index contributed by atoms with van der Waals surface area (Å²) in [7, 11) is 0. The number of carbonyl (C=O) groups excluding carboxylic acids is 1. The predicted molar refractivity (Wildman–Crippen MR) is 95.9 cm³/mol. The lowest BCUT2D eigenvalue weighted by molar-refractivity contribution is 0.101. The molecule has 3 aromatic heterocycles. The summed E-state index contributed by atoms with van der Waals surface area (Å²) in [5, 5.41) is 3.15. The van der Waals surface area contributed by atoms with Crippen LogP contribution in [0, 0.1) is 0 Å². The Bertz CT molecular complexity index is 1070. The van der Waals surface area contributed by atoms with E-state index in [4.69, 9.17) is 0 Å². The van der Waals surface area contributed by atoms with Gasteiger partial charge in [0.1, 0.15) is 5.65 Å². The molecule has 1 aromatic carbocycles. The maximum atomic E-state index is 11.5. The third kappa shape index (κ3) is 2.97. The molecule has 4 aromatic rings. The van der Waals surface area contributed by atoms with Crippen LogP contribution in [0.3, 0.4) is 0 Å². The van der Waals surface area contributed by atoms with Crippen LogP contribution in [0.5, 0.6) is 0 Å². The molecule has 0 saturated carbocycles. The van der Waals surface area contributed by atoms with Gasteiger partial charge in [-0.1, -0.05) is 18.2 Å². The maximum absolute atomic E-state index is 11.5. The van der Waals surface area contributed by atoms with Crippen molar-refractivity contribution < 1.29 is 4.79 Å². The molecular formula is C19H15N5O. The van der Waals surface area contributed by atoms with Crippen LogP contribution in [0.2, 0.25) is 0 Å². The Kier molecular flexibility index (Phi) is 3.70. The van der Waals surface area contributed by atoms with E-state index in [0.29, 0.717) is 11.5 Å². The van der Waals surface area contributed by atoms with Crippen LogP contribution in [-0.4, -0.2) is 25.1 Å². The summed E-state index contributed by atoms with van der Waals surface area (Å²) in [5.41, 5.74) is 3.92. The molecule has 0 spiro atoms. The molecule has 0 aliphatic carbocycles. The lowest BCUT2D eigenvalue weighted by atomic mass is 10.1. The van der Waals surface area contributed by atoms with E-state index in [1.807, 2.05) is 47.0 Å². The monoisotopic (exact) mass is 329 g/mol. The first-order chi connectivity index (χ1) is 12.2.